The van der Waals surface area contributed by atoms with E-state index in [2.05, 4.69) is 21.3 Å². The predicted octanol–water partition coefficient (Wildman–Crippen LogP) is 3.70. The Morgan fingerprint density at radius 1 is 0.532 bits per heavy atom. The van der Waals surface area contributed by atoms with E-state index in [4.69, 9.17) is 4.74 Å². The summed E-state index contributed by atoms with van der Waals surface area (Å²) in [5.74, 6) is -9.34. The SMILES string of the molecule is CC=CC[C@@H](C)[C@@H](O)[C@H]1C(=O)N[C@@H](CC)C(=O)N(C)[C@H](CSCCN(C)C)C(=O)N(C)[C@@H](CC(C)(C)OC)C(=O)N[C@@H](C(C)C)C(=O)N(C)[C@@H](CC(C)C)C(=O)N[C@@H](C)C(=O)N[C@H](C)C(=O)N(C)[C@@H](CC(C)C)C(=O)N(C)[C@@H](CC(C)C)C(=O)N(C)[C@@H](C(C)C)C(=O)N1C. The first kappa shape index (κ1) is 86.2. The van der Waals surface area contributed by atoms with Gasteiger partial charge in [-0.25, -0.2) is 0 Å². The number of aliphatic hydroxyl groups is 1. The topological polar surface area (TPSA) is 291 Å². The van der Waals surface area contributed by atoms with Crippen molar-refractivity contribution in [3.05, 3.63) is 12.2 Å². The average Bonchev–Trinajstić information content (AvgIpc) is 0.809. The molecule has 0 radical (unpaired) electrons. The van der Waals surface area contributed by atoms with Crippen LogP contribution in [0.4, 0.5) is 0 Å². The molecule has 1 heterocycles. The first-order valence-electron chi connectivity index (χ1n) is 33.5. The number of carbonyl (C=O) groups excluding carboxylic acids is 11. The van der Waals surface area contributed by atoms with Gasteiger partial charge < -0.3 is 70.3 Å². The first-order chi connectivity index (χ1) is 43.4. The second kappa shape index (κ2) is 39.4. The summed E-state index contributed by atoms with van der Waals surface area (Å²) in [7, 11) is 15.3. The molecule has 0 unspecified atom stereocenters. The largest absolute Gasteiger partial charge is 0.390 e. The lowest BCUT2D eigenvalue weighted by molar-refractivity contribution is -0.157. The number of nitrogens with one attached hydrogen (secondary N) is 4. The van der Waals surface area contributed by atoms with Gasteiger partial charge in [0.25, 0.3) is 0 Å². The number of aliphatic hydroxyl groups excluding tert-OH is 1. The molecule has 25 nitrogen and oxygen atoms in total. The maximum Gasteiger partial charge on any atom is 0.246 e. The Morgan fingerprint density at radius 2 is 0.968 bits per heavy atom. The van der Waals surface area contributed by atoms with E-state index in [9.17, 15) is 24.3 Å². The molecule has 0 aromatic carbocycles. The molecule has 0 aliphatic carbocycles. The van der Waals surface area contributed by atoms with Gasteiger partial charge in [0.05, 0.1) is 11.7 Å². The molecule has 0 saturated carbocycles. The third kappa shape index (κ3) is 24.7. The molecule has 1 aliphatic heterocycles. The van der Waals surface area contributed by atoms with E-state index in [0.29, 0.717) is 18.7 Å². The number of allylic oxidation sites excluding steroid dienone is 2. The fourth-order valence-corrected chi connectivity index (χ4v) is 12.7. The zero-order valence-electron chi connectivity index (χ0n) is 62.2. The summed E-state index contributed by atoms with van der Waals surface area (Å²) in [6.45, 7) is 30.3. The van der Waals surface area contributed by atoms with Crippen molar-refractivity contribution < 1.29 is 62.6 Å². The minimum absolute atomic E-state index is 0.00970. The molecule has 26 heteroatoms. The molecule has 540 valence electrons. The number of carbonyl (C=O) groups is 11. The van der Waals surface area contributed by atoms with Crippen molar-refractivity contribution in [2.24, 2.45) is 35.5 Å². The molecule has 1 rings (SSSR count). The highest BCUT2D eigenvalue weighted by atomic mass is 32.2. The smallest absolute Gasteiger partial charge is 0.246 e. The molecule has 94 heavy (non-hydrogen) atoms. The van der Waals surface area contributed by atoms with Gasteiger partial charge in [0.2, 0.25) is 65.0 Å². The van der Waals surface area contributed by atoms with Gasteiger partial charge in [0, 0.05) is 80.9 Å². The van der Waals surface area contributed by atoms with E-state index in [1.54, 1.807) is 68.4 Å². The van der Waals surface area contributed by atoms with E-state index in [1.165, 1.54) is 111 Å². The molecular formula is C68H124N12O13S. The second-order valence-corrected chi connectivity index (χ2v) is 29.9. The van der Waals surface area contributed by atoms with Crippen LogP contribution >= 0.6 is 11.8 Å². The summed E-state index contributed by atoms with van der Waals surface area (Å²) in [6, 6.07) is -14.1. The number of rotatable bonds is 21. The summed E-state index contributed by atoms with van der Waals surface area (Å²) >= 11 is 1.39. The fourth-order valence-electron chi connectivity index (χ4n) is 11.5. The Morgan fingerprint density at radius 3 is 1.44 bits per heavy atom. The van der Waals surface area contributed by atoms with Gasteiger partial charge in [0.15, 0.2) is 0 Å². The molecule has 11 amide bonds. The summed E-state index contributed by atoms with van der Waals surface area (Å²) in [5, 5.41) is 23.5. The molecule has 0 aromatic heterocycles. The number of amides is 11. The van der Waals surface area contributed by atoms with E-state index in [0.717, 1.165) is 4.90 Å². The van der Waals surface area contributed by atoms with Crippen LogP contribution in [0.25, 0.3) is 0 Å². The van der Waals surface area contributed by atoms with E-state index < -0.39 is 161 Å². The molecule has 0 aromatic rings. The number of thioether (sulfide) groups is 1. The third-order valence-electron chi connectivity index (χ3n) is 17.9. The zero-order chi connectivity index (χ0) is 72.9. The van der Waals surface area contributed by atoms with Crippen LogP contribution in [0.1, 0.15) is 156 Å². The highest BCUT2D eigenvalue weighted by Gasteiger charge is 2.47. The number of ether oxygens (including phenoxy) is 1. The van der Waals surface area contributed by atoms with Gasteiger partial charge in [-0.2, -0.15) is 11.8 Å². The van der Waals surface area contributed by atoms with Crippen molar-refractivity contribution in [1.82, 2.24) is 60.5 Å². The molecular weight excluding hydrogens is 1220 g/mol. The summed E-state index contributed by atoms with van der Waals surface area (Å²) in [5.41, 5.74) is -1.04. The van der Waals surface area contributed by atoms with Gasteiger partial charge in [-0.3, -0.25) is 52.7 Å². The summed E-state index contributed by atoms with van der Waals surface area (Å²) in [4.78, 5) is 175. The quantitative estimate of drug-likeness (QED) is 0.0809. The van der Waals surface area contributed by atoms with Crippen LogP contribution in [0, 0.1) is 35.5 Å². The van der Waals surface area contributed by atoms with Crippen LogP contribution in [0.3, 0.4) is 0 Å². The van der Waals surface area contributed by atoms with Gasteiger partial charge >= 0.3 is 0 Å². The Balaban J connectivity index is 4.59. The monoisotopic (exact) mass is 1350 g/mol. The van der Waals surface area contributed by atoms with Crippen molar-refractivity contribution in [2.75, 3.05) is 88.6 Å². The number of methoxy groups -OCH3 is 1. The van der Waals surface area contributed by atoms with E-state index >= 15 is 33.6 Å². The van der Waals surface area contributed by atoms with Crippen molar-refractivity contribution >= 4 is 76.7 Å². The normalized spacial score (nSPS) is 26.5. The fraction of sp³-hybridized carbons (Fsp3) is 0.809. The minimum Gasteiger partial charge on any atom is -0.390 e. The Kier molecular flexibility index (Phi) is 36.1. The maximum absolute atomic E-state index is 15.4. The zero-order valence-corrected chi connectivity index (χ0v) is 63.1. The number of hydrogen-bond donors (Lipinski definition) is 5. The third-order valence-corrected chi connectivity index (χ3v) is 18.9. The Labute approximate surface area is 568 Å². The lowest BCUT2D eigenvalue weighted by Gasteiger charge is -2.41. The molecule has 1 fully saturated rings. The molecule has 1 saturated heterocycles. The number of hydrogen-bond acceptors (Lipinski definition) is 15. The first-order valence-corrected chi connectivity index (χ1v) is 34.7. The van der Waals surface area contributed by atoms with Crippen LogP contribution in [0.15, 0.2) is 12.2 Å². The van der Waals surface area contributed by atoms with Gasteiger partial charge in [-0.05, 0) is 116 Å². The highest BCUT2D eigenvalue weighted by molar-refractivity contribution is 7.99. The average molecular weight is 1350 g/mol. The standard InChI is InChI=1S/C68H124N12O13S/c1-28-30-31-44(13)56(81)55-60(85)71-47(29-2)62(87)78(24)52(38-94-33-32-73(18)19)65(90)77(23)51(37-68(16,17)93-27)59(84)72-53(42(9)10)66(91)74(20)48(34-39(3)4)58(83)69-45(14)57(82)70-46(15)61(86)75(21)49(35-40(5)6)63(88)76(22)50(36-41(7)8)64(89)79(25)54(43(11)12)67(92)80(55)26/h28,30,39-56,81H,29,31-38H2,1-27H3,(H,69,83)(H,70,82)(H,71,85)(H,72,84)/t44-,45+,46-,47+,48+,49+,50+,51+,52-,53+,54+,55+,56-/m1/s1. The van der Waals surface area contributed by atoms with Gasteiger partial charge in [-0.1, -0.05) is 95.2 Å². The van der Waals surface area contributed by atoms with Crippen LogP contribution in [-0.2, 0) is 57.5 Å². The second-order valence-electron chi connectivity index (χ2n) is 28.7. The predicted molar refractivity (Wildman–Crippen MR) is 369 cm³/mol. The Hall–Kier alpha value is -5.86. The number of likely N-dealkylation sites (N-methyl/N-ethyl adjacent to an activating group) is 7. The number of nitrogens with zero attached hydrogens (tertiary/aromatic N) is 8. The lowest BCUT2D eigenvalue weighted by atomic mass is 9.91. The minimum atomic E-state index is -1.65. The van der Waals surface area contributed by atoms with Crippen molar-refractivity contribution in [1.29, 1.82) is 0 Å². The molecule has 13 atom stereocenters. The summed E-state index contributed by atoms with van der Waals surface area (Å²) < 4.78 is 5.83. The van der Waals surface area contributed by atoms with Gasteiger partial charge in [0.1, 0.15) is 66.5 Å². The van der Waals surface area contributed by atoms with Gasteiger partial charge in [-0.15, -0.1) is 0 Å². The summed E-state index contributed by atoms with van der Waals surface area (Å²) in [6.07, 6.45) is 2.68. The highest BCUT2D eigenvalue weighted by Crippen LogP contribution is 2.27. The van der Waals surface area contributed by atoms with Crippen molar-refractivity contribution in [3.63, 3.8) is 0 Å². The van der Waals surface area contributed by atoms with Crippen LogP contribution < -0.4 is 21.3 Å². The van der Waals surface area contributed by atoms with E-state index in [1.807, 2.05) is 66.6 Å². The molecule has 0 spiro atoms. The molecule has 5 N–H and O–H groups in total. The van der Waals surface area contributed by atoms with Crippen molar-refractivity contribution in [2.45, 2.75) is 234 Å². The lowest BCUT2D eigenvalue weighted by Crippen LogP contribution is -2.64. The molecule has 1 aliphatic rings. The van der Waals surface area contributed by atoms with Crippen molar-refractivity contribution in [3.8, 4) is 0 Å². The maximum atomic E-state index is 15.4. The van der Waals surface area contributed by atoms with Crippen LogP contribution in [0.5, 0.6) is 0 Å². The van der Waals surface area contributed by atoms with Crippen LogP contribution in [-0.4, -0.2) is 276 Å². The van der Waals surface area contributed by atoms with Crippen LogP contribution in [0.2, 0.25) is 0 Å². The Bertz CT molecular complexity index is 2570. The molecule has 0 bridgehead atoms. The van der Waals surface area contributed by atoms with E-state index in [-0.39, 0.29) is 55.6 Å².